The minimum atomic E-state index is -1.32. The lowest BCUT2D eigenvalue weighted by Gasteiger charge is -2.21. The fraction of sp³-hybridized carbons (Fsp3) is 0.300. The lowest BCUT2D eigenvalue weighted by Crippen LogP contribution is -2.42. The maximum absolute atomic E-state index is 13.6. The lowest BCUT2D eigenvalue weighted by molar-refractivity contribution is -0.141. The third-order valence-corrected chi connectivity index (χ3v) is 4.93. The molecule has 2 N–H and O–H groups in total. The Labute approximate surface area is 155 Å². The van der Waals surface area contributed by atoms with E-state index in [1.165, 1.54) is 0 Å². The second-order valence-electron chi connectivity index (χ2n) is 6.77. The number of ether oxygens (including phenoxy) is 1. The van der Waals surface area contributed by atoms with Crippen LogP contribution in [-0.4, -0.2) is 47.4 Å². The molecule has 2 amide bonds. The van der Waals surface area contributed by atoms with Gasteiger partial charge in [0.25, 0.3) is 0 Å². The number of nitrogens with one attached hydrogen (secondary N) is 1. The van der Waals surface area contributed by atoms with E-state index in [9.17, 15) is 19.1 Å². The number of carboxylic acid groups (broad SMARTS) is 1. The Bertz CT molecular complexity index is 901. The molecule has 0 aromatic heterocycles. The number of amides is 2. The number of likely N-dealkylation sites (tertiary alicyclic amines) is 1. The smallest absolute Gasteiger partial charge is 0.326 e. The number of urea groups is 1. The minimum Gasteiger partial charge on any atom is -0.493 e. The maximum atomic E-state index is 13.6. The number of rotatable bonds is 3. The van der Waals surface area contributed by atoms with E-state index in [0.29, 0.717) is 12.3 Å². The van der Waals surface area contributed by atoms with Crippen molar-refractivity contribution >= 4 is 17.7 Å². The number of alkyl halides is 1. The summed E-state index contributed by atoms with van der Waals surface area (Å²) in [5.41, 5.74) is 3.60. The van der Waals surface area contributed by atoms with Gasteiger partial charge in [-0.15, -0.1) is 0 Å². The number of aliphatic carboxylic acids is 1. The normalized spacial score (nSPS) is 20.9. The fourth-order valence-corrected chi connectivity index (χ4v) is 3.58. The summed E-state index contributed by atoms with van der Waals surface area (Å²) in [6.07, 6.45) is -0.632. The number of halogens is 1. The Kier molecular flexibility index (Phi) is 4.43. The van der Waals surface area contributed by atoms with Gasteiger partial charge in [-0.3, -0.25) is 0 Å². The molecule has 6 nitrogen and oxygen atoms in total. The number of benzene rings is 2. The van der Waals surface area contributed by atoms with Crippen LogP contribution in [0.2, 0.25) is 0 Å². The number of nitrogens with zero attached hydrogens (tertiary/aromatic N) is 1. The van der Waals surface area contributed by atoms with E-state index in [1.54, 1.807) is 6.07 Å². The van der Waals surface area contributed by atoms with Gasteiger partial charge in [0.05, 0.1) is 13.2 Å². The second-order valence-corrected chi connectivity index (χ2v) is 6.77. The Hall–Kier alpha value is -3.09. The number of anilines is 1. The third-order valence-electron chi connectivity index (χ3n) is 4.93. The first-order chi connectivity index (χ1) is 13.0. The molecule has 0 aliphatic carbocycles. The molecule has 140 valence electrons. The quantitative estimate of drug-likeness (QED) is 0.869. The molecule has 7 heteroatoms. The maximum Gasteiger partial charge on any atom is 0.326 e. The summed E-state index contributed by atoms with van der Waals surface area (Å²) in [5, 5.41) is 11.9. The second kappa shape index (κ2) is 6.90. The van der Waals surface area contributed by atoms with Gasteiger partial charge in [-0.25, -0.2) is 14.0 Å². The van der Waals surface area contributed by atoms with E-state index in [4.69, 9.17) is 4.74 Å². The molecule has 2 heterocycles. The molecule has 2 aromatic carbocycles. The zero-order chi connectivity index (χ0) is 19.0. The van der Waals surface area contributed by atoms with Crippen LogP contribution in [-0.2, 0) is 11.2 Å². The van der Waals surface area contributed by atoms with Gasteiger partial charge in [0.1, 0.15) is 18.0 Å². The zero-order valence-corrected chi connectivity index (χ0v) is 14.5. The number of hydrogen-bond acceptors (Lipinski definition) is 3. The minimum absolute atomic E-state index is 0.181. The Morgan fingerprint density at radius 2 is 2.00 bits per heavy atom. The van der Waals surface area contributed by atoms with E-state index < -0.39 is 24.2 Å². The molecule has 2 aliphatic heterocycles. The standard InChI is InChI=1S/C20H19FN2O4/c21-15-10-17(19(24)25)23(11-15)20(26)22-16-3-1-2-12(9-16)13-4-5-18-14(8-13)6-7-27-18/h1-5,8-9,15,17H,6-7,10-11H2,(H,22,26)(H,24,25)/t15-,17-/m0/s1. The molecule has 1 saturated heterocycles. The molecule has 4 rings (SSSR count). The molecule has 2 atom stereocenters. The highest BCUT2D eigenvalue weighted by atomic mass is 19.1. The molecule has 0 unspecified atom stereocenters. The van der Waals surface area contributed by atoms with E-state index in [-0.39, 0.29) is 13.0 Å². The van der Waals surface area contributed by atoms with Crippen molar-refractivity contribution < 1.29 is 23.8 Å². The van der Waals surface area contributed by atoms with Crippen molar-refractivity contribution in [1.29, 1.82) is 0 Å². The van der Waals surface area contributed by atoms with Crippen LogP contribution in [0.5, 0.6) is 5.75 Å². The summed E-state index contributed by atoms with van der Waals surface area (Å²) in [4.78, 5) is 24.7. The third kappa shape index (κ3) is 3.45. The molecule has 2 aliphatic rings. The first kappa shape index (κ1) is 17.3. The van der Waals surface area contributed by atoms with Crippen LogP contribution < -0.4 is 10.1 Å². The summed E-state index contributed by atoms with van der Waals surface area (Å²) in [7, 11) is 0. The van der Waals surface area contributed by atoms with E-state index in [0.717, 1.165) is 33.8 Å². The zero-order valence-electron chi connectivity index (χ0n) is 14.5. The Morgan fingerprint density at radius 3 is 2.81 bits per heavy atom. The SMILES string of the molecule is O=C(O)[C@@H]1C[C@H](F)CN1C(=O)Nc1cccc(-c2ccc3c(c2)CCO3)c1. The van der Waals surface area contributed by atoms with Crippen molar-refractivity contribution in [3.05, 3.63) is 48.0 Å². The summed E-state index contributed by atoms with van der Waals surface area (Å²) in [6.45, 7) is 0.471. The molecular formula is C20H19FN2O4. The highest BCUT2D eigenvalue weighted by Gasteiger charge is 2.39. The van der Waals surface area contributed by atoms with E-state index >= 15 is 0 Å². The van der Waals surface area contributed by atoms with Crippen LogP contribution in [0.15, 0.2) is 42.5 Å². The molecule has 0 bridgehead atoms. The highest BCUT2D eigenvalue weighted by molar-refractivity contribution is 5.93. The summed E-state index contributed by atoms with van der Waals surface area (Å²) in [6, 6.07) is 11.5. The van der Waals surface area contributed by atoms with E-state index in [1.807, 2.05) is 30.3 Å². The Balaban J connectivity index is 1.53. The van der Waals surface area contributed by atoms with Gasteiger partial charge >= 0.3 is 12.0 Å². The summed E-state index contributed by atoms with van der Waals surface area (Å²) >= 11 is 0. The van der Waals surface area contributed by atoms with Crippen molar-refractivity contribution in [3.63, 3.8) is 0 Å². The van der Waals surface area contributed by atoms with Gasteiger partial charge in [-0.1, -0.05) is 18.2 Å². The van der Waals surface area contributed by atoms with Crippen molar-refractivity contribution in [2.45, 2.75) is 25.1 Å². The van der Waals surface area contributed by atoms with Crippen molar-refractivity contribution in [2.75, 3.05) is 18.5 Å². The largest absolute Gasteiger partial charge is 0.493 e. The Morgan fingerprint density at radius 1 is 1.19 bits per heavy atom. The molecule has 1 fully saturated rings. The van der Waals surface area contributed by atoms with Gasteiger partial charge in [0, 0.05) is 18.5 Å². The predicted molar refractivity (Wildman–Crippen MR) is 97.7 cm³/mol. The predicted octanol–water partition coefficient (Wildman–Crippen LogP) is 3.32. The number of carboxylic acids is 1. The van der Waals surface area contributed by atoms with Crippen LogP contribution in [0.1, 0.15) is 12.0 Å². The van der Waals surface area contributed by atoms with Crippen LogP contribution in [0, 0.1) is 0 Å². The molecule has 2 aromatic rings. The topological polar surface area (TPSA) is 78.9 Å². The van der Waals surface area contributed by atoms with E-state index in [2.05, 4.69) is 11.4 Å². The van der Waals surface area contributed by atoms with Gasteiger partial charge in [-0.05, 0) is 41.0 Å². The number of carbonyl (C=O) groups is 2. The van der Waals surface area contributed by atoms with Gasteiger partial charge in [-0.2, -0.15) is 0 Å². The first-order valence-corrected chi connectivity index (χ1v) is 8.82. The van der Waals surface area contributed by atoms with Crippen LogP contribution >= 0.6 is 0 Å². The molecular weight excluding hydrogens is 351 g/mol. The van der Waals surface area contributed by atoms with Crippen LogP contribution in [0.4, 0.5) is 14.9 Å². The lowest BCUT2D eigenvalue weighted by atomic mass is 10.0. The first-order valence-electron chi connectivity index (χ1n) is 8.82. The van der Waals surface area contributed by atoms with Crippen LogP contribution in [0.3, 0.4) is 0 Å². The summed E-state index contributed by atoms with van der Waals surface area (Å²) < 4.78 is 19.1. The molecule has 0 spiro atoms. The van der Waals surface area contributed by atoms with Crippen molar-refractivity contribution in [2.24, 2.45) is 0 Å². The van der Waals surface area contributed by atoms with Crippen molar-refractivity contribution in [3.8, 4) is 16.9 Å². The molecule has 0 radical (unpaired) electrons. The van der Waals surface area contributed by atoms with Crippen molar-refractivity contribution in [1.82, 2.24) is 4.90 Å². The van der Waals surface area contributed by atoms with Gasteiger partial charge in [0.15, 0.2) is 0 Å². The number of hydrogen-bond donors (Lipinski definition) is 2. The average molecular weight is 370 g/mol. The average Bonchev–Trinajstić information content (AvgIpc) is 3.27. The van der Waals surface area contributed by atoms with Crippen LogP contribution in [0.25, 0.3) is 11.1 Å². The number of carbonyl (C=O) groups excluding carboxylic acids is 1. The van der Waals surface area contributed by atoms with Gasteiger partial charge in [0.2, 0.25) is 0 Å². The molecule has 0 saturated carbocycles. The molecule has 27 heavy (non-hydrogen) atoms. The highest BCUT2D eigenvalue weighted by Crippen LogP contribution is 2.31. The summed E-state index contributed by atoms with van der Waals surface area (Å²) in [5.74, 6) is -0.294. The van der Waals surface area contributed by atoms with Gasteiger partial charge < -0.3 is 20.1 Å². The fourth-order valence-electron chi connectivity index (χ4n) is 3.58. The number of fused-ring (bicyclic) bond motifs is 1. The monoisotopic (exact) mass is 370 g/mol.